The molecular formula is C16H15N5O3. The number of hydrogen-bond donors (Lipinski definition) is 0. The Morgan fingerprint density at radius 2 is 2.25 bits per heavy atom. The first-order chi connectivity index (χ1) is 11.7. The van der Waals surface area contributed by atoms with Crippen molar-refractivity contribution in [2.75, 3.05) is 0 Å². The monoisotopic (exact) mass is 325 g/mol. The van der Waals surface area contributed by atoms with Gasteiger partial charge < -0.3 is 9.09 Å². The summed E-state index contributed by atoms with van der Waals surface area (Å²) in [6, 6.07) is 4.84. The van der Waals surface area contributed by atoms with Crippen molar-refractivity contribution in [1.82, 2.24) is 19.7 Å². The minimum Gasteiger partial charge on any atom is -0.334 e. The molecule has 1 aromatic carbocycles. The molecule has 0 spiro atoms. The van der Waals surface area contributed by atoms with Gasteiger partial charge in [-0.15, -0.1) is 0 Å². The van der Waals surface area contributed by atoms with Crippen molar-refractivity contribution in [1.29, 1.82) is 0 Å². The fraction of sp³-hybridized carbons (Fsp3) is 0.312. The maximum atomic E-state index is 11.4. The SMILES string of the molecule is O=[N+]([O-])c1cc(-c2nc(CCC3CC3)no2)ccc1-n1ccnc1. The van der Waals surface area contributed by atoms with Gasteiger partial charge in [-0.25, -0.2) is 4.98 Å². The number of nitro benzene ring substituents is 1. The second kappa shape index (κ2) is 5.88. The Labute approximate surface area is 137 Å². The molecule has 0 aliphatic heterocycles. The second-order valence-corrected chi connectivity index (χ2v) is 5.93. The number of rotatable bonds is 6. The van der Waals surface area contributed by atoms with Crippen LogP contribution in [-0.4, -0.2) is 24.6 Å². The molecule has 122 valence electrons. The van der Waals surface area contributed by atoms with Gasteiger partial charge >= 0.3 is 0 Å². The molecule has 0 N–H and O–H groups in total. The Morgan fingerprint density at radius 1 is 1.38 bits per heavy atom. The van der Waals surface area contributed by atoms with Gasteiger partial charge in [0, 0.05) is 30.4 Å². The van der Waals surface area contributed by atoms with Gasteiger partial charge in [-0.3, -0.25) is 10.1 Å². The van der Waals surface area contributed by atoms with E-state index in [0.29, 0.717) is 23.0 Å². The minimum atomic E-state index is -0.427. The van der Waals surface area contributed by atoms with Crippen LogP contribution in [0.2, 0.25) is 0 Å². The Hall–Kier alpha value is -3.03. The van der Waals surface area contributed by atoms with E-state index in [-0.39, 0.29) is 5.69 Å². The summed E-state index contributed by atoms with van der Waals surface area (Å²) in [5.41, 5.74) is 0.939. The molecule has 1 aliphatic carbocycles. The highest BCUT2D eigenvalue weighted by molar-refractivity contribution is 5.64. The summed E-state index contributed by atoms with van der Waals surface area (Å²) >= 11 is 0. The van der Waals surface area contributed by atoms with E-state index in [4.69, 9.17) is 4.52 Å². The van der Waals surface area contributed by atoms with Gasteiger partial charge in [0.15, 0.2) is 5.82 Å². The van der Waals surface area contributed by atoms with Crippen LogP contribution >= 0.6 is 0 Å². The van der Waals surface area contributed by atoms with Crippen molar-refractivity contribution >= 4 is 5.69 Å². The number of hydrogen-bond acceptors (Lipinski definition) is 6. The van der Waals surface area contributed by atoms with Crippen molar-refractivity contribution in [3.05, 3.63) is 52.9 Å². The number of aromatic nitrogens is 4. The van der Waals surface area contributed by atoms with Gasteiger partial charge in [-0.1, -0.05) is 18.0 Å². The molecule has 8 heteroatoms. The molecule has 3 aromatic rings. The standard InChI is InChI=1S/C16H15N5O3/c22-21(23)14-9-12(4-5-13(14)20-8-7-17-10-20)16-18-15(19-24-16)6-3-11-1-2-11/h4-5,7-11H,1-3,6H2. The summed E-state index contributed by atoms with van der Waals surface area (Å²) < 4.78 is 6.86. The highest BCUT2D eigenvalue weighted by Crippen LogP contribution is 2.33. The predicted octanol–water partition coefficient (Wildman–Crippen LogP) is 3.17. The lowest BCUT2D eigenvalue weighted by Crippen LogP contribution is -1.98. The van der Waals surface area contributed by atoms with Gasteiger partial charge in [0.25, 0.3) is 11.6 Å². The van der Waals surface area contributed by atoms with Crippen LogP contribution in [0, 0.1) is 16.0 Å². The van der Waals surface area contributed by atoms with Crippen LogP contribution in [0.5, 0.6) is 0 Å². The van der Waals surface area contributed by atoms with E-state index in [1.807, 2.05) is 0 Å². The van der Waals surface area contributed by atoms with Gasteiger partial charge in [-0.2, -0.15) is 4.98 Å². The Balaban J connectivity index is 1.63. The summed E-state index contributed by atoms with van der Waals surface area (Å²) in [5.74, 6) is 1.75. The van der Waals surface area contributed by atoms with E-state index in [1.54, 1.807) is 29.1 Å². The fourth-order valence-electron chi connectivity index (χ4n) is 2.64. The highest BCUT2D eigenvalue weighted by atomic mass is 16.6. The molecule has 1 fully saturated rings. The smallest absolute Gasteiger partial charge is 0.294 e. The highest BCUT2D eigenvalue weighted by Gasteiger charge is 2.22. The van der Waals surface area contributed by atoms with Crippen molar-refractivity contribution in [3.63, 3.8) is 0 Å². The lowest BCUT2D eigenvalue weighted by Gasteiger charge is -2.04. The van der Waals surface area contributed by atoms with Crippen LogP contribution in [-0.2, 0) is 6.42 Å². The summed E-state index contributed by atoms with van der Waals surface area (Å²) in [6.45, 7) is 0. The molecule has 2 aromatic heterocycles. The van der Waals surface area contributed by atoms with Gasteiger partial charge in [0.2, 0.25) is 0 Å². The second-order valence-electron chi connectivity index (χ2n) is 5.93. The van der Waals surface area contributed by atoms with Crippen LogP contribution in [0.3, 0.4) is 0 Å². The molecule has 4 rings (SSSR count). The summed E-state index contributed by atoms with van der Waals surface area (Å²) in [5, 5.41) is 15.4. The third kappa shape index (κ3) is 2.90. The number of aryl methyl sites for hydroxylation is 1. The average molecular weight is 325 g/mol. The maximum Gasteiger partial charge on any atom is 0.294 e. The number of benzene rings is 1. The number of imidazole rings is 1. The largest absolute Gasteiger partial charge is 0.334 e. The van der Waals surface area contributed by atoms with Crippen LogP contribution in [0.25, 0.3) is 17.1 Å². The normalized spacial score (nSPS) is 14.0. The van der Waals surface area contributed by atoms with E-state index in [2.05, 4.69) is 15.1 Å². The molecule has 0 unspecified atom stereocenters. The first-order valence-electron chi connectivity index (χ1n) is 7.80. The zero-order valence-electron chi connectivity index (χ0n) is 12.8. The zero-order valence-corrected chi connectivity index (χ0v) is 12.8. The van der Waals surface area contributed by atoms with E-state index in [9.17, 15) is 10.1 Å². The molecule has 24 heavy (non-hydrogen) atoms. The van der Waals surface area contributed by atoms with Crippen molar-refractivity contribution in [3.8, 4) is 17.1 Å². The molecule has 1 aliphatic rings. The van der Waals surface area contributed by atoms with Crippen LogP contribution in [0.4, 0.5) is 5.69 Å². The molecule has 8 nitrogen and oxygen atoms in total. The van der Waals surface area contributed by atoms with Crippen LogP contribution in [0.1, 0.15) is 25.1 Å². The maximum absolute atomic E-state index is 11.4. The Kier molecular flexibility index (Phi) is 3.56. The fourth-order valence-corrected chi connectivity index (χ4v) is 2.64. The molecule has 0 saturated heterocycles. The Bertz CT molecular complexity index is 868. The predicted molar refractivity (Wildman–Crippen MR) is 84.6 cm³/mol. The third-order valence-corrected chi connectivity index (χ3v) is 4.14. The molecule has 0 bridgehead atoms. The Morgan fingerprint density at radius 3 is 2.96 bits per heavy atom. The van der Waals surface area contributed by atoms with Crippen LogP contribution < -0.4 is 0 Å². The first-order valence-corrected chi connectivity index (χ1v) is 7.80. The molecule has 0 amide bonds. The topological polar surface area (TPSA) is 99.9 Å². The summed E-state index contributed by atoms with van der Waals surface area (Å²) in [7, 11) is 0. The quantitative estimate of drug-likeness (QED) is 0.510. The molecule has 0 radical (unpaired) electrons. The minimum absolute atomic E-state index is 0.0387. The van der Waals surface area contributed by atoms with Gasteiger partial charge in [0.05, 0.1) is 11.3 Å². The number of nitro groups is 1. The molecular weight excluding hydrogens is 310 g/mol. The average Bonchev–Trinajstić information content (AvgIpc) is 3.07. The van der Waals surface area contributed by atoms with Crippen molar-refractivity contribution in [2.24, 2.45) is 5.92 Å². The molecule has 0 atom stereocenters. The van der Waals surface area contributed by atoms with Crippen LogP contribution in [0.15, 0.2) is 41.4 Å². The third-order valence-electron chi connectivity index (χ3n) is 4.14. The lowest BCUT2D eigenvalue weighted by molar-refractivity contribution is -0.384. The first kappa shape index (κ1) is 14.6. The summed E-state index contributed by atoms with van der Waals surface area (Å²) in [4.78, 5) is 19.2. The van der Waals surface area contributed by atoms with E-state index in [1.165, 1.54) is 25.2 Å². The van der Waals surface area contributed by atoms with Gasteiger partial charge in [0.1, 0.15) is 5.69 Å². The zero-order chi connectivity index (χ0) is 16.5. The molecule has 1 saturated carbocycles. The molecule has 2 heterocycles. The lowest BCUT2D eigenvalue weighted by atomic mass is 10.1. The van der Waals surface area contributed by atoms with E-state index in [0.717, 1.165) is 18.8 Å². The van der Waals surface area contributed by atoms with Crippen molar-refractivity contribution < 1.29 is 9.45 Å². The van der Waals surface area contributed by atoms with Gasteiger partial charge in [-0.05, 0) is 24.5 Å². The van der Waals surface area contributed by atoms with E-state index >= 15 is 0 Å². The summed E-state index contributed by atoms with van der Waals surface area (Å²) in [6.07, 6.45) is 9.17. The van der Waals surface area contributed by atoms with Crippen molar-refractivity contribution in [2.45, 2.75) is 25.7 Å². The van der Waals surface area contributed by atoms with E-state index < -0.39 is 4.92 Å². The number of nitrogens with zero attached hydrogens (tertiary/aromatic N) is 5.